The molecule has 0 aliphatic carbocycles. The van der Waals surface area contributed by atoms with Crippen molar-refractivity contribution in [2.24, 2.45) is 5.92 Å². The molecule has 2 aromatic heterocycles. The van der Waals surface area contributed by atoms with E-state index in [2.05, 4.69) is 10.1 Å². The molecule has 2 heterocycles. The number of fused-ring (bicyclic) bond motifs is 1. The second kappa shape index (κ2) is 3.92. The molecule has 84 valence electrons. The maximum atomic E-state index is 10.7. The molecule has 0 aliphatic heterocycles. The molecule has 5 nitrogen and oxygen atoms in total. The average molecular weight is 219 g/mol. The van der Waals surface area contributed by atoms with Crippen LogP contribution in [0.25, 0.3) is 5.65 Å². The average Bonchev–Trinajstić information content (AvgIpc) is 2.61. The maximum absolute atomic E-state index is 10.7. The van der Waals surface area contributed by atoms with Crippen molar-refractivity contribution in [3.8, 4) is 0 Å². The van der Waals surface area contributed by atoms with E-state index < -0.39 is 11.9 Å². The predicted molar refractivity (Wildman–Crippen MR) is 58.2 cm³/mol. The third kappa shape index (κ3) is 1.88. The third-order valence-electron chi connectivity index (χ3n) is 2.53. The Hall–Kier alpha value is -1.91. The summed E-state index contributed by atoms with van der Waals surface area (Å²) in [5, 5.41) is 13.1. The highest BCUT2D eigenvalue weighted by molar-refractivity contribution is 5.69. The van der Waals surface area contributed by atoms with Gasteiger partial charge >= 0.3 is 5.97 Å². The molecule has 5 heteroatoms. The Kier molecular flexibility index (Phi) is 2.60. The number of nitrogens with zero attached hydrogens (tertiary/aromatic N) is 3. The van der Waals surface area contributed by atoms with Crippen LogP contribution in [0.4, 0.5) is 0 Å². The third-order valence-corrected chi connectivity index (χ3v) is 2.53. The summed E-state index contributed by atoms with van der Waals surface area (Å²) in [7, 11) is 0. The second-order valence-electron chi connectivity index (χ2n) is 3.94. The lowest BCUT2D eigenvalue weighted by molar-refractivity contribution is -0.141. The highest BCUT2D eigenvalue weighted by atomic mass is 16.4. The first-order chi connectivity index (χ1) is 7.58. The van der Waals surface area contributed by atoms with Gasteiger partial charge in [0.25, 0.3) is 0 Å². The predicted octanol–water partition coefficient (Wildman–Crippen LogP) is 1.30. The van der Waals surface area contributed by atoms with E-state index in [1.807, 2.05) is 19.1 Å². The molecule has 0 amide bonds. The lowest BCUT2D eigenvalue weighted by Crippen LogP contribution is -2.12. The molecule has 0 fully saturated rings. The van der Waals surface area contributed by atoms with E-state index in [1.54, 1.807) is 17.6 Å². The first-order valence-corrected chi connectivity index (χ1v) is 5.11. The van der Waals surface area contributed by atoms with E-state index in [0.29, 0.717) is 6.42 Å². The first kappa shape index (κ1) is 10.6. The largest absolute Gasteiger partial charge is 0.481 e. The number of carbonyl (C=O) groups is 1. The fraction of sp³-hybridized carbons (Fsp3) is 0.364. The van der Waals surface area contributed by atoms with Gasteiger partial charge in [-0.05, 0) is 13.0 Å². The SMILES string of the molecule is Cc1ccnc2cc(CC(C)C(=O)O)nn12. The summed E-state index contributed by atoms with van der Waals surface area (Å²) in [4.78, 5) is 14.9. The van der Waals surface area contributed by atoms with E-state index in [0.717, 1.165) is 17.0 Å². The van der Waals surface area contributed by atoms with Crippen molar-refractivity contribution in [3.05, 3.63) is 29.7 Å². The summed E-state index contributed by atoms with van der Waals surface area (Å²) < 4.78 is 1.73. The summed E-state index contributed by atoms with van der Waals surface area (Å²) in [5.41, 5.74) is 2.50. The zero-order valence-electron chi connectivity index (χ0n) is 9.21. The Balaban J connectivity index is 2.33. The topological polar surface area (TPSA) is 67.5 Å². The van der Waals surface area contributed by atoms with E-state index in [4.69, 9.17) is 5.11 Å². The molecule has 0 radical (unpaired) electrons. The maximum Gasteiger partial charge on any atom is 0.306 e. The van der Waals surface area contributed by atoms with Crippen molar-refractivity contribution in [1.29, 1.82) is 0 Å². The van der Waals surface area contributed by atoms with Crippen LogP contribution in [0.3, 0.4) is 0 Å². The van der Waals surface area contributed by atoms with Crippen LogP contribution in [0.1, 0.15) is 18.3 Å². The van der Waals surface area contributed by atoms with Crippen molar-refractivity contribution in [2.45, 2.75) is 20.3 Å². The van der Waals surface area contributed by atoms with Gasteiger partial charge in [0.05, 0.1) is 11.6 Å². The number of hydrogen-bond acceptors (Lipinski definition) is 3. The number of rotatable bonds is 3. The molecular weight excluding hydrogens is 206 g/mol. The number of carboxylic acid groups (broad SMARTS) is 1. The summed E-state index contributed by atoms with van der Waals surface area (Å²) in [6, 6.07) is 3.69. The Bertz CT molecular complexity index is 533. The van der Waals surface area contributed by atoms with Crippen LogP contribution < -0.4 is 0 Å². The van der Waals surface area contributed by atoms with Crippen molar-refractivity contribution in [2.75, 3.05) is 0 Å². The quantitative estimate of drug-likeness (QED) is 0.844. The molecule has 0 spiro atoms. The Morgan fingerprint density at radius 3 is 3.00 bits per heavy atom. The van der Waals surface area contributed by atoms with Crippen LogP contribution in [0, 0.1) is 12.8 Å². The molecule has 2 rings (SSSR count). The number of aryl methyl sites for hydroxylation is 1. The highest BCUT2D eigenvalue weighted by Gasteiger charge is 2.14. The van der Waals surface area contributed by atoms with Gasteiger partial charge in [-0.15, -0.1) is 0 Å². The van der Waals surface area contributed by atoms with Gasteiger partial charge in [0.15, 0.2) is 5.65 Å². The number of carboxylic acids is 1. The van der Waals surface area contributed by atoms with Gasteiger partial charge in [0, 0.05) is 24.4 Å². The molecule has 2 aromatic rings. The standard InChI is InChI=1S/C11H13N3O2/c1-7(11(15)16)5-9-6-10-12-4-3-8(2)14(10)13-9/h3-4,6-7H,5H2,1-2H3,(H,15,16). The molecule has 0 bridgehead atoms. The Morgan fingerprint density at radius 2 is 2.38 bits per heavy atom. The molecule has 16 heavy (non-hydrogen) atoms. The van der Waals surface area contributed by atoms with Gasteiger partial charge in [0.1, 0.15) is 0 Å². The van der Waals surface area contributed by atoms with Gasteiger partial charge in [-0.3, -0.25) is 4.79 Å². The van der Waals surface area contributed by atoms with E-state index in [1.165, 1.54) is 0 Å². The smallest absolute Gasteiger partial charge is 0.306 e. The van der Waals surface area contributed by atoms with Gasteiger partial charge in [0.2, 0.25) is 0 Å². The summed E-state index contributed by atoms with van der Waals surface area (Å²) in [5.74, 6) is -1.23. The molecular formula is C11H13N3O2. The van der Waals surface area contributed by atoms with Crippen molar-refractivity contribution in [3.63, 3.8) is 0 Å². The van der Waals surface area contributed by atoms with Crippen LogP contribution in [0.15, 0.2) is 18.3 Å². The number of hydrogen-bond donors (Lipinski definition) is 1. The monoisotopic (exact) mass is 219 g/mol. The van der Waals surface area contributed by atoms with Crippen LogP contribution in [-0.4, -0.2) is 25.7 Å². The van der Waals surface area contributed by atoms with Gasteiger partial charge in [-0.1, -0.05) is 6.92 Å². The molecule has 1 N–H and O–H groups in total. The van der Waals surface area contributed by atoms with E-state index in [-0.39, 0.29) is 0 Å². The molecule has 1 atom stereocenters. The Labute approximate surface area is 92.7 Å². The minimum absolute atomic E-state index is 0.426. The Morgan fingerprint density at radius 1 is 1.62 bits per heavy atom. The minimum atomic E-state index is -0.804. The molecule has 0 aliphatic rings. The summed E-state index contributed by atoms with van der Waals surface area (Å²) in [6.07, 6.45) is 2.15. The normalized spacial score (nSPS) is 12.9. The molecule has 0 saturated heterocycles. The van der Waals surface area contributed by atoms with E-state index in [9.17, 15) is 4.79 Å². The van der Waals surface area contributed by atoms with Crippen molar-refractivity contribution in [1.82, 2.24) is 14.6 Å². The summed E-state index contributed by atoms with van der Waals surface area (Å²) in [6.45, 7) is 3.61. The fourth-order valence-corrected chi connectivity index (χ4v) is 1.56. The second-order valence-corrected chi connectivity index (χ2v) is 3.94. The van der Waals surface area contributed by atoms with Crippen LogP contribution in [-0.2, 0) is 11.2 Å². The lowest BCUT2D eigenvalue weighted by atomic mass is 10.1. The number of aliphatic carboxylic acids is 1. The van der Waals surface area contributed by atoms with Gasteiger partial charge in [-0.2, -0.15) is 5.10 Å². The van der Waals surface area contributed by atoms with E-state index >= 15 is 0 Å². The fourth-order valence-electron chi connectivity index (χ4n) is 1.56. The van der Waals surface area contributed by atoms with Crippen LogP contribution in [0.2, 0.25) is 0 Å². The van der Waals surface area contributed by atoms with Crippen molar-refractivity contribution >= 4 is 11.6 Å². The number of aromatic nitrogens is 3. The van der Waals surface area contributed by atoms with Gasteiger partial charge < -0.3 is 5.11 Å². The lowest BCUT2D eigenvalue weighted by Gasteiger charge is -2.01. The van der Waals surface area contributed by atoms with Crippen molar-refractivity contribution < 1.29 is 9.90 Å². The zero-order valence-corrected chi connectivity index (χ0v) is 9.21. The van der Waals surface area contributed by atoms with Crippen LogP contribution in [0.5, 0.6) is 0 Å². The molecule has 0 aromatic carbocycles. The van der Waals surface area contributed by atoms with Gasteiger partial charge in [-0.25, -0.2) is 9.50 Å². The summed E-state index contributed by atoms with van der Waals surface area (Å²) >= 11 is 0. The molecule has 0 saturated carbocycles. The molecule has 1 unspecified atom stereocenters. The zero-order chi connectivity index (χ0) is 11.7. The highest BCUT2D eigenvalue weighted by Crippen LogP contribution is 2.11. The minimum Gasteiger partial charge on any atom is -0.481 e. The first-order valence-electron chi connectivity index (χ1n) is 5.11. The van der Waals surface area contributed by atoms with Crippen LogP contribution >= 0.6 is 0 Å².